The largest absolute Gasteiger partial charge is 0.492 e. The number of hydrogen-bond donors (Lipinski definition) is 0. The summed E-state index contributed by atoms with van der Waals surface area (Å²) in [5.74, 6) is 0.899. The van der Waals surface area contributed by atoms with Crippen molar-refractivity contribution in [3.8, 4) is 5.75 Å². The van der Waals surface area contributed by atoms with Gasteiger partial charge >= 0.3 is 0 Å². The van der Waals surface area contributed by atoms with Gasteiger partial charge in [0.2, 0.25) is 0 Å². The fourth-order valence-electron chi connectivity index (χ4n) is 2.95. The first-order chi connectivity index (χ1) is 12.5. The minimum atomic E-state index is 0.297. The first kappa shape index (κ1) is 18.6. The van der Waals surface area contributed by atoms with E-state index >= 15 is 0 Å². The molecule has 0 bridgehead atoms. The Balaban J connectivity index is 1.52. The van der Waals surface area contributed by atoms with Gasteiger partial charge in [0.05, 0.1) is 29.6 Å². The third kappa shape index (κ3) is 4.71. The zero-order chi connectivity index (χ0) is 18.5. The average Bonchev–Trinajstić information content (AvgIpc) is 3.25. The van der Waals surface area contributed by atoms with Gasteiger partial charge in [-0.3, -0.25) is 4.90 Å². The zero-order valence-electron chi connectivity index (χ0n) is 15.8. The molecule has 138 valence electrons. The molecular formula is C20H26N4OS. The van der Waals surface area contributed by atoms with E-state index in [1.807, 2.05) is 22.9 Å². The highest BCUT2D eigenvalue weighted by molar-refractivity contribution is 7.11. The second-order valence-electron chi connectivity index (χ2n) is 6.56. The number of nitrogens with zero attached hydrogens (tertiary/aromatic N) is 4. The summed E-state index contributed by atoms with van der Waals surface area (Å²) < 4.78 is 7.81. The summed E-state index contributed by atoms with van der Waals surface area (Å²) in [4.78, 5) is 12.4. The van der Waals surface area contributed by atoms with E-state index in [2.05, 4.69) is 49.8 Å². The molecule has 26 heavy (non-hydrogen) atoms. The summed E-state index contributed by atoms with van der Waals surface area (Å²) in [6, 6.07) is 8.65. The monoisotopic (exact) mass is 370 g/mol. The van der Waals surface area contributed by atoms with Gasteiger partial charge in [-0.15, -0.1) is 11.3 Å². The summed E-state index contributed by atoms with van der Waals surface area (Å²) >= 11 is 1.77. The first-order valence-electron chi connectivity index (χ1n) is 8.84. The Morgan fingerprint density at radius 2 is 2.00 bits per heavy atom. The van der Waals surface area contributed by atoms with Gasteiger partial charge in [0.1, 0.15) is 12.4 Å². The van der Waals surface area contributed by atoms with E-state index in [1.165, 1.54) is 16.1 Å². The highest BCUT2D eigenvalue weighted by Crippen LogP contribution is 2.27. The second-order valence-corrected chi connectivity index (χ2v) is 7.97. The molecule has 6 heteroatoms. The second kappa shape index (κ2) is 8.47. The van der Waals surface area contributed by atoms with Crippen LogP contribution >= 0.6 is 11.3 Å². The first-order valence-corrected chi connectivity index (χ1v) is 9.66. The van der Waals surface area contributed by atoms with Crippen molar-refractivity contribution in [2.24, 2.45) is 0 Å². The summed E-state index contributed by atoms with van der Waals surface area (Å²) in [7, 11) is 2.15. The van der Waals surface area contributed by atoms with E-state index in [-0.39, 0.29) is 0 Å². The Bertz CT molecular complexity index is 811. The van der Waals surface area contributed by atoms with E-state index in [4.69, 9.17) is 9.72 Å². The van der Waals surface area contributed by atoms with Crippen LogP contribution in [0.1, 0.15) is 34.1 Å². The number of hydrogen-bond acceptors (Lipinski definition) is 5. The molecule has 0 saturated heterocycles. The lowest BCUT2D eigenvalue weighted by Gasteiger charge is -2.24. The predicted molar refractivity (Wildman–Crippen MR) is 106 cm³/mol. The van der Waals surface area contributed by atoms with Gasteiger partial charge < -0.3 is 9.30 Å². The number of rotatable bonds is 8. The van der Waals surface area contributed by atoms with Crippen LogP contribution in [0.3, 0.4) is 0 Å². The van der Waals surface area contributed by atoms with Crippen LogP contribution in [-0.2, 0) is 13.1 Å². The normalized spacial score (nSPS) is 12.5. The Morgan fingerprint density at radius 1 is 1.23 bits per heavy atom. The molecule has 5 nitrogen and oxygen atoms in total. The minimum Gasteiger partial charge on any atom is -0.492 e. The third-order valence-electron chi connectivity index (χ3n) is 4.53. The van der Waals surface area contributed by atoms with Crippen LogP contribution in [0.25, 0.3) is 0 Å². The molecule has 1 atom stereocenters. The molecule has 3 aromatic rings. The van der Waals surface area contributed by atoms with E-state index in [0.29, 0.717) is 12.6 Å². The molecule has 1 aromatic carbocycles. The van der Waals surface area contributed by atoms with Crippen molar-refractivity contribution in [2.75, 3.05) is 13.7 Å². The molecule has 3 rings (SSSR count). The predicted octanol–water partition coefficient (Wildman–Crippen LogP) is 4.23. The van der Waals surface area contributed by atoms with Crippen LogP contribution in [0, 0.1) is 13.8 Å². The van der Waals surface area contributed by atoms with Crippen molar-refractivity contribution in [2.45, 2.75) is 39.9 Å². The Hall–Kier alpha value is -2.18. The number of thiazole rings is 1. The number of ether oxygens (including phenoxy) is 1. The van der Waals surface area contributed by atoms with E-state index in [0.717, 1.165) is 23.8 Å². The maximum Gasteiger partial charge on any atom is 0.119 e. The zero-order valence-corrected chi connectivity index (χ0v) is 16.7. The lowest BCUT2D eigenvalue weighted by Crippen LogP contribution is -2.22. The van der Waals surface area contributed by atoms with Gasteiger partial charge in [-0.25, -0.2) is 9.97 Å². The molecule has 0 radical (unpaired) electrons. The van der Waals surface area contributed by atoms with E-state index in [1.54, 1.807) is 23.9 Å². The van der Waals surface area contributed by atoms with Crippen molar-refractivity contribution in [1.82, 2.24) is 19.4 Å². The SMILES string of the molecule is Cc1nc(C(C)N(C)Cc2ccc(OCCn3ccnc3)cc2)c(C)s1. The Labute approximate surface area is 159 Å². The molecule has 0 N–H and O–H groups in total. The lowest BCUT2D eigenvalue weighted by molar-refractivity contribution is 0.248. The smallest absolute Gasteiger partial charge is 0.119 e. The van der Waals surface area contributed by atoms with E-state index < -0.39 is 0 Å². The number of aryl methyl sites for hydroxylation is 2. The lowest BCUT2D eigenvalue weighted by atomic mass is 10.1. The van der Waals surface area contributed by atoms with Crippen LogP contribution < -0.4 is 4.74 Å². The maximum absolute atomic E-state index is 5.80. The summed E-state index contributed by atoms with van der Waals surface area (Å²) in [5.41, 5.74) is 2.46. The van der Waals surface area contributed by atoms with Crippen molar-refractivity contribution in [1.29, 1.82) is 0 Å². The van der Waals surface area contributed by atoms with Gasteiger partial charge in [0.25, 0.3) is 0 Å². The van der Waals surface area contributed by atoms with Gasteiger partial charge in [-0.1, -0.05) is 12.1 Å². The van der Waals surface area contributed by atoms with Crippen LogP contribution in [0.4, 0.5) is 0 Å². The standard InChI is InChI=1S/C20H26N4OS/c1-15(20-16(2)26-17(3)22-20)23(4)13-18-5-7-19(8-6-18)25-12-11-24-10-9-21-14-24/h5-10,14-15H,11-13H2,1-4H3. The molecule has 2 aromatic heterocycles. The van der Waals surface area contributed by atoms with Crippen molar-refractivity contribution in [3.63, 3.8) is 0 Å². The fraction of sp³-hybridized carbons (Fsp3) is 0.400. The van der Waals surface area contributed by atoms with E-state index in [9.17, 15) is 0 Å². The molecule has 0 spiro atoms. The average molecular weight is 371 g/mol. The molecule has 0 saturated carbocycles. The van der Waals surface area contributed by atoms with Crippen LogP contribution in [0.15, 0.2) is 43.0 Å². The van der Waals surface area contributed by atoms with Crippen LogP contribution in [-0.4, -0.2) is 33.1 Å². The minimum absolute atomic E-state index is 0.297. The molecular weight excluding hydrogens is 344 g/mol. The number of aromatic nitrogens is 3. The Kier molecular flexibility index (Phi) is 6.06. The topological polar surface area (TPSA) is 43.2 Å². The fourth-order valence-corrected chi connectivity index (χ4v) is 3.85. The Morgan fingerprint density at radius 3 is 2.62 bits per heavy atom. The van der Waals surface area contributed by atoms with Gasteiger partial charge in [-0.05, 0) is 45.5 Å². The molecule has 0 aliphatic heterocycles. The summed E-state index contributed by atoms with van der Waals surface area (Å²) in [5, 5.41) is 1.13. The van der Waals surface area contributed by atoms with Gasteiger partial charge in [-0.2, -0.15) is 0 Å². The number of benzene rings is 1. The van der Waals surface area contributed by atoms with Gasteiger partial charge in [0.15, 0.2) is 0 Å². The molecule has 0 fully saturated rings. The van der Waals surface area contributed by atoms with Crippen molar-refractivity contribution < 1.29 is 4.74 Å². The third-order valence-corrected chi connectivity index (χ3v) is 5.43. The number of imidazole rings is 1. The quantitative estimate of drug-likeness (QED) is 0.595. The van der Waals surface area contributed by atoms with Crippen molar-refractivity contribution in [3.05, 3.63) is 64.1 Å². The highest BCUT2D eigenvalue weighted by atomic mass is 32.1. The highest BCUT2D eigenvalue weighted by Gasteiger charge is 2.17. The van der Waals surface area contributed by atoms with Crippen molar-refractivity contribution >= 4 is 11.3 Å². The molecule has 0 aliphatic rings. The molecule has 2 heterocycles. The molecule has 0 aliphatic carbocycles. The summed E-state index contributed by atoms with van der Waals surface area (Å²) in [6.45, 7) is 8.75. The molecule has 1 unspecified atom stereocenters. The van der Waals surface area contributed by atoms with Gasteiger partial charge in [0, 0.05) is 23.8 Å². The van der Waals surface area contributed by atoms with Crippen LogP contribution in [0.2, 0.25) is 0 Å². The molecule has 0 amide bonds. The maximum atomic E-state index is 5.80. The summed E-state index contributed by atoms with van der Waals surface area (Å²) in [6.07, 6.45) is 5.52. The van der Waals surface area contributed by atoms with Crippen LogP contribution in [0.5, 0.6) is 5.75 Å².